The van der Waals surface area contributed by atoms with Crippen LogP contribution < -0.4 is 11.1 Å². The van der Waals surface area contributed by atoms with Gasteiger partial charge in [-0.05, 0) is 30.2 Å². The number of hydrogen-bond donors (Lipinski definition) is 2. The molecule has 0 atom stereocenters. The molecule has 0 aliphatic rings. The predicted molar refractivity (Wildman–Crippen MR) is 80.6 cm³/mol. The van der Waals surface area contributed by atoms with Crippen LogP contribution >= 0.6 is 15.9 Å². The number of primary amides is 1. The first-order chi connectivity index (χ1) is 9.99. The van der Waals surface area contributed by atoms with Crippen molar-refractivity contribution in [3.05, 3.63) is 57.6 Å². The Kier molecular flexibility index (Phi) is 4.64. The van der Waals surface area contributed by atoms with Crippen LogP contribution in [0.25, 0.3) is 0 Å². The Labute approximate surface area is 129 Å². The third-order valence-corrected chi connectivity index (χ3v) is 3.38. The lowest BCUT2D eigenvalue weighted by atomic mass is 10.1. The number of nitrogens with one attached hydrogen (secondary N) is 1. The lowest BCUT2D eigenvalue weighted by Gasteiger charge is -2.09. The van der Waals surface area contributed by atoms with Crippen LogP contribution in [0.4, 0.5) is 0 Å². The van der Waals surface area contributed by atoms with E-state index in [1.165, 1.54) is 12.4 Å². The van der Waals surface area contributed by atoms with E-state index in [0.29, 0.717) is 6.54 Å². The maximum absolute atomic E-state index is 12.1. The second-order valence-corrected chi connectivity index (χ2v) is 5.29. The van der Waals surface area contributed by atoms with Crippen LogP contribution in [-0.4, -0.2) is 21.8 Å². The summed E-state index contributed by atoms with van der Waals surface area (Å²) in [6.45, 7) is 2.27. The molecule has 21 heavy (non-hydrogen) atoms. The fourth-order valence-electron chi connectivity index (χ4n) is 1.80. The molecular formula is C14H13BrN4O2. The Balaban J connectivity index is 2.14. The van der Waals surface area contributed by atoms with Gasteiger partial charge in [0.05, 0.1) is 0 Å². The van der Waals surface area contributed by atoms with Crippen molar-refractivity contribution in [3.8, 4) is 0 Å². The second kappa shape index (κ2) is 6.45. The Bertz CT molecular complexity index is 703. The lowest BCUT2D eigenvalue weighted by Crippen LogP contribution is -2.28. The van der Waals surface area contributed by atoms with Crippen molar-refractivity contribution in [2.45, 2.75) is 13.5 Å². The molecule has 0 radical (unpaired) electrons. The first-order valence-electron chi connectivity index (χ1n) is 6.13. The average molecular weight is 349 g/mol. The molecule has 3 N–H and O–H groups in total. The molecule has 0 fully saturated rings. The second-order valence-electron chi connectivity index (χ2n) is 4.37. The number of carbonyl (C=O) groups is 2. The fraction of sp³-hybridized carbons (Fsp3) is 0.143. The molecule has 0 bridgehead atoms. The molecule has 0 saturated heterocycles. The fourth-order valence-corrected chi connectivity index (χ4v) is 2.28. The van der Waals surface area contributed by atoms with Gasteiger partial charge in [-0.3, -0.25) is 9.59 Å². The van der Waals surface area contributed by atoms with Crippen molar-refractivity contribution in [1.82, 2.24) is 15.3 Å². The SMILES string of the molecule is Cc1cc(Br)ccc1CNC(=O)c1nccnc1C(N)=O. The smallest absolute Gasteiger partial charge is 0.272 e. The summed E-state index contributed by atoms with van der Waals surface area (Å²) in [5, 5.41) is 2.71. The van der Waals surface area contributed by atoms with Gasteiger partial charge in [0.1, 0.15) is 0 Å². The van der Waals surface area contributed by atoms with Gasteiger partial charge in [-0.1, -0.05) is 22.0 Å². The Morgan fingerprint density at radius 3 is 2.52 bits per heavy atom. The highest BCUT2D eigenvalue weighted by Crippen LogP contribution is 2.15. The normalized spacial score (nSPS) is 10.2. The maximum Gasteiger partial charge on any atom is 0.272 e. The number of halogens is 1. The van der Waals surface area contributed by atoms with Gasteiger partial charge in [0, 0.05) is 23.4 Å². The molecule has 1 aromatic heterocycles. The molecule has 7 heteroatoms. The van der Waals surface area contributed by atoms with Crippen LogP contribution in [-0.2, 0) is 6.54 Å². The highest BCUT2D eigenvalue weighted by atomic mass is 79.9. The molecule has 2 rings (SSSR count). The molecule has 2 amide bonds. The van der Waals surface area contributed by atoms with Crippen LogP contribution in [0.2, 0.25) is 0 Å². The van der Waals surface area contributed by atoms with Gasteiger partial charge in [0.15, 0.2) is 11.4 Å². The van der Waals surface area contributed by atoms with E-state index < -0.39 is 11.8 Å². The molecule has 0 saturated carbocycles. The summed E-state index contributed by atoms with van der Waals surface area (Å²) in [4.78, 5) is 31.0. The average Bonchev–Trinajstić information content (AvgIpc) is 2.46. The van der Waals surface area contributed by atoms with Crippen molar-refractivity contribution in [3.63, 3.8) is 0 Å². The van der Waals surface area contributed by atoms with Crippen molar-refractivity contribution in [2.24, 2.45) is 5.73 Å². The van der Waals surface area contributed by atoms with Gasteiger partial charge in [-0.25, -0.2) is 9.97 Å². The number of rotatable bonds is 4. The molecule has 0 spiro atoms. The number of aryl methyl sites for hydroxylation is 1. The zero-order chi connectivity index (χ0) is 15.4. The summed E-state index contributed by atoms with van der Waals surface area (Å²) in [6.07, 6.45) is 2.65. The molecule has 2 aromatic rings. The Hall–Kier alpha value is -2.28. The summed E-state index contributed by atoms with van der Waals surface area (Å²) in [5.74, 6) is -1.27. The quantitative estimate of drug-likeness (QED) is 0.876. The largest absolute Gasteiger partial charge is 0.364 e. The summed E-state index contributed by atoms with van der Waals surface area (Å²) in [6, 6.07) is 5.76. The summed E-state index contributed by atoms with van der Waals surface area (Å²) in [5.41, 5.74) is 6.98. The van der Waals surface area contributed by atoms with E-state index >= 15 is 0 Å². The van der Waals surface area contributed by atoms with Crippen molar-refractivity contribution < 1.29 is 9.59 Å². The van der Waals surface area contributed by atoms with Gasteiger partial charge >= 0.3 is 0 Å². The van der Waals surface area contributed by atoms with Crippen LogP contribution in [0.1, 0.15) is 32.1 Å². The van der Waals surface area contributed by atoms with E-state index in [2.05, 4.69) is 31.2 Å². The third kappa shape index (κ3) is 3.63. The molecule has 108 valence electrons. The number of carbonyl (C=O) groups excluding carboxylic acids is 2. The van der Waals surface area contributed by atoms with E-state index in [9.17, 15) is 9.59 Å². The van der Waals surface area contributed by atoms with Gasteiger partial charge in [-0.15, -0.1) is 0 Å². The van der Waals surface area contributed by atoms with Crippen molar-refractivity contribution in [2.75, 3.05) is 0 Å². The molecule has 0 aliphatic heterocycles. The van der Waals surface area contributed by atoms with Crippen LogP contribution in [0, 0.1) is 6.92 Å². The standard InChI is InChI=1S/C14H13BrN4O2/c1-8-6-10(15)3-2-9(8)7-19-14(21)12-11(13(16)20)17-4-5-18-12/h2-6H,7H2,1H3,(H2,16,20)(H,19,21). The Morgan fingerprint density at radius 2 is 1.90 bits per heavy atom. The maximum atomic E-state index is 12.1. The number of benzene rings is 1. The van der Waals surface area contributed by atoms with Gasteiger partial charge in [-0.2, -0.15) is 0 Å². The lowest BCUT2D eigenvalue weighted by molar-refractivity contribution is 0.0926. The van der Waals surface area contributed by atoms with Gasteiger partial charge in [0.25, 0.3) is 11.8 Å². The Morgan fingerprint density at radius 1 is 1.24 bits per heavy atom. The molecule has 0 aliphatic carbocycles. The molecule has 0 unspecified atom stereocenters. The van der Waals surface area contributed by atoms with E-state index in [-0.39, 0.29) is 11.4 Å². The van der Waals surface area contributed by atoms with Crippen LogP contribution in [0.3, 0.4) is 0 Å². The predicted octanol–water partition coefficient (Wildman–Crippen LogP) is 1.58. The van der Waals surface area contributed by atoms with Gasteiger partial charge in [0.2, 0.25) is 0 Å². The first-order valence-corrected chi connectivity index (χ1v) is 6.92. The minimum atomic E-state index is -0.784. The van der Waals surface area contributed by atoms with Crippen LogP contribution in [0.15, 0.2) is 35.1 Å². The van der Waals surface area contributed by atoms with E-state index in [4.69, 9.17) is 5.73 Å². The van der Waals surface area contributed by atoms with Crippen molar-refractivity contribution in [1.29, 1.82) is 0 Å². The topological polar surface area (TPSA) is 98.0 Å². The molecule has 6 nitrogen and oxygen atoms in total. The summed E-state index contributed by atoms with van der Waals surface area (Å²) >= 11 is 3.38. The highest BCUT2D eigenvalue weighted by Gasteiger charge is 2.17. The minimum absolute atomic E-state index is 0.0697. The van der Waals surface area contributed by atoms with Gasteiger partial charge < -0.3 is 11.1 Å². The number of nitrogens with zero attached hydrogens (tertiary/aromatic N) is 2. The summed E-state index contributed by atoms with van der Waals surface area (Å²) < 4.78 is 0.972. The number of hydrogen-bond acceptors (Lipinski definition) is 4. The van der Waals surface area contributed by atoms with E-state index in [1.807, 2.05) is 25.1 Å². The zero-order valence-electron chi connectivity index (χ0n) is 11.3. The first kappa shape index (κ1) is 15.1. The number of nitrogens with two attached hydrogens (primary N) is 1. The summed E-state index contributed by atoms with van der Waals surface area (Å²) in [7, 11) is 0. The minimum Gasteiger partial charge on any atom is -0.364 e. The molecular weight excluding hydrogens is 336 g/mol. The van der Waals surface area contributed by atoms with E-state index in [0.717, 1.165) is 15.6 Å². The monoisotopic (exact) mass is 348 g/mol. The number of aromatic nitrogens is 2. The highest BCUT2D eigenvalue weighted by molar-refractivity contribution is 9.10. The third-order valence-electron chi connectivity index (χ3n) is 2.89. The zero-order valence-corrected chi connectivity index (χ0v) is 12.8. The van der Waals surface area contributed by atoms with Crippen LogP contribution in [0.5, 0.6) is 0 Å². The molecule has 1 aromatic carbocycles. The number of amides is 2. The van der Waals surface area contributed by atoms with E-state index in [1.54, 1.807) is 0 Å². The molecule has 1 heterocycles. The van der Waals surface area contributed by atoms with Crippen molar-refractivity contribution >= 4 is 27.7 Å².